The molecule has 1 heterocycles. The van der Waals surface area contributed by atoms with Crippen molar-refractivity contribution in [1.29, 1.82) is 0 Å². The van der Waals surface area contributed by atoms with Gasteiger partial charge in [0.25, 0.3) is 0 Å². The fourth-order valence-electron chi connectivity index (χ4n) is 4.01. The molecule has 8 heteroatoms. The van der Waals surface area contributed by atoms with Crippen LogP contribution in [-0.4, -0.2) is 28.4 Å². The number of sulfonamides is 1. The third-order valence-electron chi connectivity index (χ3n) is 5.87. The second-order valence-corrected chi connectivity index (χ2v) is 12.0. The lowest BCUT2D eigenvalue weighted by Crippen LogP contribution is -2.32. The highest BCUT2D eigenvalue weighted by Gasteiger charge is 2.31. The molecule has 0 radical (unpaired) electrons. The van der Waals surface area contributed by atoms with E-state index in [0.717, 1.165) is 36.8 Å². The van der Waals surface area contributed by atoms with Crippen LogP contribution in [-0.2, 0) is 32.7 Å². The van der Waals surface area contributed by atoms with Crippen LogP contribution in [0.5, 0.6) is 0 Å². The van der Waals surface area contributed by atoms with Gasteiger partial charge in [-0.3, -0.25) is 4.98 Å². The first-order valence-electron chi connectivity index (χ1n) is 10.6. The first-order chi connectivity index (χ1) is 15.3. The Bertz CT molecular complexity index is 1300. The molecule has 0 fully saturated rings. The highest BCUT2D eigenvalue weighted by Crippen LogP contribution is 2.29. The summed E-state index contributed by atoms with van der Waals surface area (Å²) in [6.07, 6.45) is 6.99. The van der Waals surface area contributed by atoms with Gasteiger partial charge in [0.1, 0.15) is 5.25 Å². The van der Waals surface area contributed by atoms with Crippen LogP contribution >= 0.6 is 0 Å². The van der Waals surface area contributed by atoms with Crippen LogP contribution < -0.4 is 4.72 Å². The van der Waals surface area contributed by atoms with Gasteiger partial charge in [-0.1, -0.05) is 29.8 Å². The summed E-state index contributed by atoms with van der Waals surface area (Å²) in [6, 6.07) is 15.0. The summed E-state index contributed by atoms with van der Waals surface area (Å²) in [5, 5.41) is -1.11. The fraction of sp³-hybridized carbons (Fsp3) is 0.292. The van der Waals surface area contributed by atoms with E-state index in [4.69, 9.17) is 0 Å². The van der Waals surface area contributed by atoms with Crippen molar-refractivity contribution >= 4 is 19.9 Å². The zero-order valence-corrected chi connectivity index (χ0v) is 19.5. The molecule has 168 valence electrons. The molecule has 1 aliphatic carbocycles. The molecule has 1 unspecified atom stereocenters. The van der Waals surface area contributed by atoms with Crippen molar-refractivity contribution in [2.45, 2.75) is 47.6 Å². The van der Waals surface area contributed by atoms with Gasteiger partial charge in [-0.05, 0) is 79.6 Å². The molecule has 1 aromatic heterocycles. The van der Waals surface area contributed by atoms with Crippen LogP contribution in [0.1, 0.15) is 40.3 Å². The summed E-state index contributed by atoms with van der Waals surface area (Å²) in [5.41, 5.74) is 3.61. The van der Waals surface area contributed by atoms with Crippen molar-refractivity contribution < 1.29 is 16.8 Å². The number of fused-ring (bicyclic) bond motifs is 1. The number of sulfone groups is 1. The third kappa shape index (κ3) is 4.77. The average Bonchev–Trinajstić information content (AvgIpc) is 2.79. The van der Waals surface area contributed by atoms with Gasteiger partial charge in [0, 0.05) is 18.9 Å². The number of benzene rings is 2. The van der Waals surface area contributed by atoms with Crippen LogP contribution in [0.2, 0.25) is 0 Å². The summed E-state index contributed by atoms with van der Waals surface area (Å²) in [4.78, 5) is 4.34. The Morgan fingerprint density at radius 3 is 2.28 bits per heavy atom. The molecule has 32 heavy (non-hydrogen) atoms. The van der Waals surface area contributed by atoms with Crippen LogP contribution in [0.3, 0.4) is 0 Å². The molecular formula is C24H26N2O4S2. The zero-order chi connectivity index (χ0) is 22.8. The Kier molecular flexibility index (Phi) is 6.46. The lowest BCUT2D eigenvalue weighted by molar-refractivity contribution is 0.568. The molecule has 0 saturated carbocycles. The maximum Gasteiger partial charge on any atom is 0.240 e. The van der Waals surface area contributed by atoms with Gasteiger partial charge in [0.05, 0.1) is 9.79 Å². The lowest BCUT2D eigenvalue weighted by atomic mass is 9.92. The van der Waals surface area contributed by atoms with Crippen LogP contribution in [0.15, 0.2) is 76.8 Å². The van der Waals surface area contributed by atoms with Crippen molar-refractivity contribution in [2.24, 2.45) is 0 Å². The molecule has 0 saturated heterocycles. The quantitative estimate of drug-likeness (QED) is 0.567. The maximum atomic E-state index is 13.4. The predicted octanol–water partition coefficient (Wildman–Crippen LogP) is 3.76. The molecule has 4 rings (SSSR count). The topological polar surface area (TPSA) is 93.2 Å². The van der Waals surface area contributed by atoms with Gasteiger partial charge in [-0.2, -0.15) is 0 Å². The molecule has 6 nitrogen and oxygen atoms in total. The molecule has 0 spiro atoms. The second kappa shape index (κ2) is 9.13. The summed E-state index contributed by atoms with van der Waals surface area (Å²) in [6.45, 7) is 1.59. The minimum Gasteiger partial charge on any atom is -0.264 e. The van der Waals surface area contributed by atoms with E-state index in [2.05, 4.69) is 9.71 Å². The van der Waals surface area contributed by atoms with E-state index < -0.39 is 25.1 Å². The van der Waals surface area contributed by atoms with Gasteiger partial charge < -0.3 is 0 Å². The minimum atomic E-state index is -3.88. The fourth-order valence-corrected chi connectivity index (χ4v) is 6.86. The minimum absolute atomic E-state index is 0.143. The number of hydrogen-bond donors (Lipinski definition) is 1. The molecule has 1 N–H and O–H groups in total. The van der Waals surface area contributed by atoms with Crippen molar-refractivity contribution in [2.75, 3.05) is 6.54 Å². The standard InChI is InChI=1S/C24H26N2O4S2/c1-18-8-11-22(12-9-18)31(27,28)24(21-7-4-14-25-16-21)17-26-32(29,30)23-13-10-19-5-2-3-6-20(19)15-23/h4,7-16,24,26H,2-3,5-6,17H2,1H3. The summed E-state index contributed by atoms with van der Waals surface area (Å²) in [7, 11) is -7.74. The second-order valence-electron chi connectivity index (χ2n) is 8.12. The van der Waals surface area contributed by atoms with Crippen LogP contribution in [0.25, 0.3) is 0 Å². The Labute approximate surface area is 189 Å². The first-order valence-corrected chi connectivity index (χ1v) is 13.6. The SMILES string of the molecule is Cc1ccc(S(=O)(=O)C(CNS(=O)(=O)c2ccc3c(c2)CCCC3)c2cccnc2)cc1. The molecule has 0 aliphatic heterocycles. The lowest BCUT2D eigenvalue weighted by Gasteiger charge is -2.20. The van der Waals surface area contributed by atoms with E-state index in [1.807, 2.05) is 13.0 Å². The van der Waals surface area contributed by atoms with E-state index in [1.165, 1.54) is 11.8 Å². The third-order valence-corrected chi connectivity index (χ3v) is 9.41. The Morgan fingerprint density at radius 2 is 1.59 bits per heavy atom. The highest BCUT2D eigenvalue weighted by atomic mass is 32.2. The van der Waals surface area contributed by atoms with E-state index in [9.17, 15) is 16.8 Å². The van der Waals surface area contributed by atoms with Gasteiger partial charge in [0.15, 0.2) is 9.84 Å². The Hall–Kier alpha value is -2.55. The van der Waals surface area contributed by atoms with Crippen LogP contribution in [0.4, 0.5) is 0 Å². The monoisotopic (exact) mass is 470 g/mol. The summed E-state index contributed by atoms with van der Waals surface area (Å²) >= 11 is 0. The number of hydrogen-bond acceptors (Lipinski definition) is 5. The molecule has 0 bridgehead atoms. The number of rotatable bonds is 7. The Balaban J connectivity index is 1.64. The Morgan fingerprint density at radius 1 is 0.906 bits per heavy atom. The number of aromatic nitrogens is 1. The van der Waals surface area contributed by atoms with Gasteiger partial charge in [-0.25, -0.2) is 21.6 Å². The molecule has 1 aliphatic rings. The predicted molar refractivity (Wildman–Crippen MR) is 124 cm³/mol. The van der Waals surface area contributed by atoms with Crippen molar-refractivity contribution in [3.63, 3.8) is 0 Å². The summed E-state index contributed by atoms with van der Waals surface area (Å²) in [5.74, 6) is 0. The van der Waals surface area contributed by atoms with Crippen molar-refractivity contribution in [3.05, 3.63) is 89.2 Å². The number of nitrogens with zero attached hydrogens (tertiary/aromatic N) is 1. The van der Waals surface area contributed by atoms with E-state index in [0.29, 0.717) is 5.56 Å². The van der Waals surface area contributed by atoms with E-state index in [-0.39, 0.29) is 16.3 Å². The zero-order valence-electron chi connectivity index (χ0n) is 17.9. The molecule has 0 amide bonds. The highest BCUT2D eigenvalue weighted by molar-refractivity contribution is 7.92. The van der Waals surface area contributed by atoms with E-state index >= 15 is 0 Å². The number of nitrogens with one attached hydrogen (secondary N) is 1. The normalized spacial score (nSPS) is 15.2. The van der Waals surface area contributed by atoms with Gasteiger partial charge >= 0.3 is 0 Å². The van der Waals surface area contributed by atoms with Gasteiger partial charge in [-0.15, -0.1) is 0 Å². The number of aryl methyl sites for hydroxylation is 3. The first kappa shape index (κ1) is 22.6. The van der Waals surface area contributed by atoms with Crippen molar-refractivity contribution in [3.8, 4) is 0 Å². The maximum absolute atomic E-state index is 13.4. The smallest absolute Gasteiger partial charge is 0.240 e. The average molecular weight is 471 g/mol. The largest absolute Gasteiger partial charge is 0.264 e. The molecule has 1 atom stereocenters. The van der Waals surface area contributed by atoms with E-state index in [1.54, 1.807) is 54.7 Å². The van der Waals surface area contributed by atoms with Crippen molar-refractivity contribution in [1.82, 2.24) is 9.71 Å². The van der Waals surface area contributed by atoms with Gasteiger partial charge in [0.2, 0.25) is 10.0 Å². The molecule has 2 aromatic carbocycles. The number of pyridine rings is 1. The molecular weight excluding hydrogens is 444 g/mol. The molecule has 3 aromatic rings. The van der Waals surface area contributed by atoms with Crippen LogP contribution in [0, 0.1) is 6.92 Å². The summed E-state index contributed by atoms with van der Waals surface area (Å²) < 4.78 is 55.5.